The van der Waals surface area contributed by atoms with Crippen molar-refractivity contribution in [3.8, 4) is 0 Å². The molecule has 4 nitrogen and oxygen atoms in total. The van der Waals surface area contributed by atoms with E-state index in [1.165, 1.54) is 0 Å². The smallest absolute Gasteiger partial charge is 0.131 e. The topological polar surface area (TPSA) is 51.0 Å². The summed E-state index contributed by atoms with van der Waals surface area (Å²) in [6.45, 7) is 3.98. The molecule has 0 saturated carbocycles. The number of thioether (sulfide) groups is 1. The fourth-order valence-corrected chi connectivity index (χ4v) is 1.89. The number of anilines is 1. The summed E-state index contributed by atoms with van der Waals surface area (Å²) >= 11 is 1.60. The molecular formula is C12H15N3OS. The lowest BCUT2D eigenvalue weighted by Crippen LogP contribution is -2.07. The quantitative estimate of drug-likeness (QED) is 0.665. The fourth-order valence-electron chi connectivity index (χ4n) is 1.51. The van der Waals surface area contributed by atoms with Crippen molar-refractivity contribution >= 4 is 17.6 Å². The minimum atomic E-state index is 0.0910. The third-order valence-electron chi connectivity index (χ3n) is 2.40. The predicted molar refractivity (Wildman–Crippen MR) is 69.3 cm³/mol. The first-order valence-electron chi connectivity index (χ1n) is 5.38. The van der Waals surface area contributed by atoms with Crippen molar-refractivity contribution in [1.82, 2.24) is 9.97 Å². The number of furan rings is 1. The average molecular weight is 249 g/mol. The largest absolute Gasteiger partial charge is 0.464 e. The zero-order chi connectivity index (χ0) is 12.3. The highest BCUT2D eigenvalue weighted by Crippen LogP contribution is 2.21. The highest BCUT2D eigenvalue weighted by atomic mass is 32.2. The van der Waals surface area contributed by atoms with Crippen molar-refractivity contribution in [1.29, 1.82) is 0 Å². The zero-order valence-electron chi connectivity index (χ0n) is 10.1. The molecule has 1 atom stereocenters. The molecule has 0 aliphatic heterocycles. The Morgan fingerprint density at radius 2 is 2.18 bits per heavy atom. The van der Waals surface area contributed by atoms with Crippen LogP contribution in [0.3, 0.4) is 0 Å². The Hall–Kier alpha value is -1.49. The molecule has 0 bridgehead atoms. The third kappa shape index (κ3) is 3.00. The maximum absolute atomic E-state index is 5.56. The van der Waals surface area contributed by atoms with Crippen LogP contribution in [0.5, 0.6) is 0 Å². The van der Waals surface area contributed by atoms with Gasteiger partial charge in [0.1, 0.15) is 28.7 Å². The molecule has 90 valence electrons. The lowest BCUT2D eigenvalue weighted by Gasteiger charge is -2.12. The Morgan fingerprint density at radius 1 is 1.35 bits per heavy atom. The molecule has 0 aliphatic carbocycles. The van der Waals surface area contributed by atoms with Gasteiger partial charge < -0.3 is 9.73 Å². The molecule has 0 aromatic carbocycles. The van der Waals surface area contributed by atoms with Gasteiger partial charge in [0.15, 0.2) is 0 Å². The van der Waals surface area contributed by atoms with E-state index < -0.39 is 0 Å². The van der Waals surface area contributed by atoms with Gasteiger partial charge in [0.2, 0.25) is 0 Å². The molecule has 17 heavy (non-hydrogen) atoms. The van der Waals surface area contributed by atoms with Crippen LogP contribution in [0.1, 0.15) is 24.5 Å². The van der Waals surface area contributed by atoms with Gasteiger partial charge >= 0.3 is 0 Å². The number of nitrogens with zero attached hydrogens (tertiary/aromatic N) is 2. The summed E-state index contributed by atoms with van der Waals surface area (Å²) in [5.41, 5.74) is 0. The van der Waals surface area contributed by atoms with Crippen LogP contribution < -0.4 is 5.32 Å². The van der Waals surface area contributed by atoms with E-state index in [0.29, 0.717) is 0 Å². The second-order valence-corrected chi connectivity index (χ2v) is 4.59. The first-order chi connectivity index (χ1) is 8.19. The molecule has 0 saturated heterocycles. The lowest BCUT2D eigenvalue weighted by molar-refractivity contribution is 0.466. The number of aryl methyl sites for hydroxylation is 1. The molecule has 2 aromatic heterocycles. The maximum atomic E-state index is 5.56. The van der Waals surface area contributed by atoms with Crippen molar-refractivity contribution < 1.29 is 4.42 Å². The molecule has 0 amide bonds. The Bertz CT molecular complexity index is 498. The maximum Gasteiger partial charge on any atom is 0.131 e. The molecule has 0 radical (unpaired) electrons. The first kappa shape index (κ1) is 12.0. The van der Waals surface area contributed by atoms with Crippen LogP contribution in [0, 0.1) is 6.92 Å². The van der Waals surface area contributed by atoms with Gasteiger partial charge in [-0.2, -0.15) is 0 Å². The van der Waals surface area contributed by atoms with Crippen LogP contribution in [0.4, 0.5) is 5.82 Å². The second-order valence-electron chi connectivity index (χ2n) is 3.76. The summed E-state index contributed by atoms with van der Waals surface area (Å²) in [7, 11) is 0. The molecule has 5 heteroatoms. The minimum Gasteiger partial charge on any atom is -0.464 e. The third-order valence-corrected chi connectivity index (χ3v) is 3.04. The standard InChI is InChI=1S/C12H15N3OS/c1-8-4-5-10(16-8)9(2)15-11-6-12(17-3)14-7-13-11/h4-7,9H,1-3H3,(H,13,14,15). The van der Waals surface area contributed by atoms with E-state index in [-0.39, 0.29) is 6.04 Å². The summed E-state index contributed by atoms with van der Waals surface area (Å²) in [6, 6.07) is 5.95. The van der Waals surface area contributed by atoms with Crippen LogP contribution in [-0.2, 0) is 0 Å². The normalized spacial score (nSPS) is 12.4. The number of hydrogen-bond donors (Lipinski definition) is 1. The van der Waals surface area contributed by atoms with E-state index in [4.69, 9.17) is 4.42 Å². The van der Waals surface area contributed by atoms with Crippen molar-refractivity contribution in [2.45, 2.75) is 24.9 Å². The summed E-state index contributed by atoms with van der Waals surface area (Å²) in [5, 5.41) is 4.24. The van der Waals surface area contributed by atoms with Gasteiger partial charge in [-0.15, -0.1) is 11.8 Å². The molecular weight excluding hydrogens is 234 g/mol. The molecule has 2 aromatic rings. The van der Waals surface area contributed by atoms with E-state index in [0.717, 1.165) is 22.4 Å². The van der Waals surface area contributed by atoms with Gasteiger partial charge in [0.05, 0.1) is 6.04 Å². The number of hydrogen-bond acceptors (Lipinski definition) is 5. The fraction of sp³-hybridized carbons (Fsp3) is 0.333. The van der Waals surface area contributed by atoms with Gasteiger partial charge in [-0.25, -0.2) is 9.97 Å². The average Bonchev–Trinajstić information content (AvgIpc) is 2.76. The van der Waals surface area contributed by atoms with Gasteiger partial charge in [-0.1, -0.05) is 0 Å². The number of rotatable bonds is 4. The molecule has 1 unspecified atom stereocenters. The molecule has 2 heterocycles. The number of aromatic nitrogens is 2. The highest BCUT2D eigenvalue weighted by molar-refractivity contribution is 7.98. The van der Waals surface area contributed by atoms with Crippen molar-refractivity contribution in [2.75, 3.05) is 11.6 Å². The number of nitrogens with one attached hydrogen (secondary N) is 1. The van der Waals surface area contributed by atoms with Gasteiger partial charge in [-0.05, 0) is 32.2 Å². The second kappa shape index (κ2) is 5.23. The highest BCUT2D eigenvalue weighted by Gasteiger charge is 2.10. The van der Waals surface area contributed by atoms with E-state index in [9.17, 15) is 0 Å². The summed E-state index contributed by atoms with van der Waals surface area (Å²) in [5.74, 6) is 2.64. The van der Waals surface area contributed by atoms with E-state index in [1.54, 1.807) is 18.1 Å². The van der Waals surface area contributed by atoms with E-state index in [1.807, 2.05) is 38.3 Å². The van der Waals surface area contributed by atoms with Crippen LogP contribution in [0.2, 0.25) is 0 Å². The Labute approximate surface area is 105 Å². The monoisotopic (exact) mass is 249 g/mol. The van der Waals surface area contributed by atoms with Crippen LogP contribution in [0.15, 0.2) is 34.0 Å². The van der Waals surface area contributed by atoms with Crippen LogP contribution in [0.25, 0.3) is 0 Å². The van der Waals surface area contributed by atoms with Crippen LogP contribution >= 0.6 is 11.8 Å². The Kier molecular flexibility index (Phi) is 3.68. The van der Waals surface area contributed by atoms with Gasteiger partial charge in [0.25, 0.3) is 0 Å². The summed E-state index contributed by atoms with van der Waals surface area (Å²) in [4.78, 5) is 8.31. The summed E-state index contributed by atoms with van der Waals surface area (Å²) in [6.07, 6.45) is 3.56. The van der Waals surface area contributed by atoms with Gasteiger partial charge in [0, 0.05) is 6.07 Å². The molecule has 0 fully saturated rings. The summed E-state index contributed by atoms with van der Waals surface area (Å²) < 4.78 is 5.56. The van der Waals surface area contributed by atoms with E-state index >= 15 is 0 Å². The SMILES string of the molecule is CSc1cc(NC(C)c2ccc(C)o2)ncn1. The van der Waals surface area contributed by atoms with Crippen molar-refractivity contribution in [3.63, 3.8) is 0 Å². The lowest BCUT2D eigenvalue weighted by atomic mass is 10.2. The molecule has 1 N–H and O–H groups in total. The predicted octanol–water partition coefficient (Wildman–Crippen LogP) is 3.27. The van der Waals surface area contributed by atoms with Crippen molar-refractivity contribution in [3.05, 3.63) is 36.0 Å². The Morgan fingerprint density at radius 3 is 2.82 bits per heavy atom. The Balaban J connectivity index is 2.09. The van der Waals surface area contributed by atoms with E-state index in [2.05, 4.69) is 15.3 Å². The molecule has 0 aliphatic rings. The molecule has 0 spiro atoms. The van der Waals surface area contributed by atoms with Gasteiger partial charge in [-0.3, -0.25) is 0 Å². The zero-order valence-corrected chi connectivity index (χ0v) is 10.9. The van der Waals surface area contributed by atoms with Crippen molar-refractivity contribution in [2.24, 2.45) is 0 Å². The molecule has 2 rings (SSSR count). The minimum absolute atomic E-state index is 0.0910. The van der Waals surface area contributed by atoms with Crippen LogP contribution in [-0.4, -0.2) is 16.2 Å². The first-order valence-corrected chi connectivity index (χ1v) is 6.60.